The first-order chi connectivity index (χ1) is 14.3. The van der Waals surface area contributed by atoms with Crippen molar-refractivity contribution in [1.82, 2.24) is 15.5 Å². The zero-order valence-corrected chi connectivity index (χ0v) is 18.8. The molecule has 0 radical (unpaired) electrons. The van der Waals surface area contributed by atoms with Crippen LogP contribution in [0.25, 0.3) is 0 Å². The summed E-state index contributed by atoms with van der Waals surface area (Å²) in [7, 11) is 0. The van der Waals surface area contributed by atoms with E-state index < -0.39 is 6.04 Å². The molecule has 0 saturated carbocycles. The Kier molecular flexibility index (Phi) is 9.43. The molecule has 0 bridgehead atoms. The van der Waals surface area contributed by atoms with Gasteiger partial charge < -0.3 is 20.9 Å². The number of piperidine rings is 1. The van der Waals surface area contributed by atoms with Gasteiger partial charge in [0.1, 0.15) is 6.04 Å². The zero-order chi connectivity index (χ0) is 22.1. The third-order valence-electron chi connectivity index (χ3n) is 5.12. The minimum absolute atomic E-state index is 0.00631. The normalized spacial score (nSPS) is 15.6. The summed E-state index contributed by atoms with van der Waals surface area (Å²) in [4.78, 5) is 39.3. The quantitative estimate of drug-likeness (QED) is 0.581. The minimum Gasteiger partial charge on any atom is -0.354 e. The molecule has 1 aromatic carbocycles. The number of anilines is 1. The number of hydrogen-bond acceptors (Lipinski definition) is 3. The maximum absolute atomic E-state index is 12.7. The van der Waals surface area contributed by atoms with Crippen LogP contribution in [0.5, 0.6) is 0 Å². The highest BCUT2D eigenvalue weighted by Crippen LogP contribution is 2.23. The molecule has 30 heavy (non-hydrogen) atoms. The lowest BCUT2D eigenvalue weighted by Gasteiger charge is -2.35. The molecule has 0 spiro atoms. The number of urea groups is 1. The molecule has 1 heterocycles. The molecule has 1 fully saturated rings. The van der Waals surface area contributed by atoms with Crippen molar-refractivity contribution in [2.24, 2.45) is 11.8 Å². The van der Waals surface area contributed by atoms with Gasteiger partial charge in [0.25, 0.3) is 0 Å². The highest BCUT2D eigenvalue weighted by atomic mass is 35.5. The van der Waals surface area contributed by atoms with Crippen molar-refractivity contribution >= 4 is 35.1 Å². The van der Waals surface area contributed by atoms with Crippen molar-refractivity contribution in [3.8, 4) is 0 Å². The molecule has 7 nitrogen and oxygen atoms in total. The SMILES string of the molecule is CCCNC(=O)C(NC(=O)CC(C)C)C1CCN(C(=O)Nc2cccc(Cl)c2)CC1. The van der Waals surface area contributed by atoms with Crippen LogP contribution in [0.3, 0.4) is 0 Å². The molecule has 4 amide bonds. The number of rotatable bonds is 8. The Morgan fingerprint density at radius 1 is 1.20 bits per heavy atom. The highest BCUT2D eigenvalue weighted by Gasteiger charge is 2.33. The van der Waals surface area contributed by atoms with Crippen molar-refractivity contribution in [2.75, 3.05) is 25.0 Å². The number of nitrogens with one attached hydrogen (secondary N) is 3. The Morgan fingerprint density at radius 3 is 2.50 bits per heavy atom. The summed E-state index contributed by atoms with van der Waals surface area (Å²) in [5.74, 6) is -0.0341. The minimum atomic E-state index is -0.569. The molecule has 1 aliphatic rings. The standard InChI is InChI=1S/C22H33ClN4O3/c1-4-10-24-21(29)20(26-19(28)13-15(2)3)16-8-11-27(12-9-16)22(30)25-18-7-5-6-17(23)14-18/h5-7,14-16,20H,4,8-13H2,1-3H3,(H,24,29)(H,25,30)(H,26,28). The average molecular weight is 437 g/mol. The van der Waals surface area contributed by atoms with E-state index in [4.69, 9.17) is 11.6 Å². The lowest BCUT2D eigenvalue weighted by atomic mass is 9.88. The van der Waals surface area contributed by atoms with E-state index in [-0.39, 0.29) is 29.7 Å². The number of nitrogens with zero attached hydrogens (tertiary/aromatic N) is 1. The topological polar surface area (TPSA) is 90.5 Å². The largest absolute Gasteiger partial charge is 0.354 e. The first-order valence-corrected chi connectivity index (χ1v) is 11.1. The van der Waals surface area contributed by atoms with Crippen LogP contribution in [0.4, 0.5) is 10.5 Å². The van der Waals surface area contributed by atoms with Gasteiger partial charge in [-0.25, -0.2) is 4.79 Å². The fourth-order valence-corrected chi connectivity index (χ4v) is 3.75. The van der Waals surface area contributed by atoms with E-state index in [0.29, 0.717) is 49.6 Å². The van der Waals surface area contributed by atoms with Crippen LogP contribution in [0, 0.1) is 11.8 Å². The van der Waals surface area contributed by atoms with Crippen LogP contribution in [0.15, 0.2) is 24.3 Å². The van der Waals surface area contributed by atoms with Gasteiger partial charge in [0.05, 0.1) is 0 Å². The number of likely N-dealkylation sites (tertiary alicyclic amines) is 1. The predicted molar refractivity (Wildman–Crippen MR) is 119 cm³/mol. The first-order valence-electron chi connectivity index (χ1n) is 10.7. The van der Waals surface area contributed by atoms with Crippen LogP contribution >= 0.6 is 11.6 Å². The lowest BCUT2D eigenvalue weighted by molar-refractivity contribution is -0.131. The second-order valence-corrected chi connectivity index (χ2v) is 8.64. The second-order valence-electron chi connectivity index (χ2n) is 8.20. The number of halogens is 1. The van der Waals surface area contributed by atoms with Gasteiger partial charge in [-0.05, 0) is 49.3 Å². The van der Waals surface area contributed by atoms with E-state index in [1.54, 1.807) is 29.2 Å². The fraction of sp³-hybridized carbons (Fsp3) is 0.591. The van der Waals surface area contributed by atoms with Crippen molar-refractivity contribution in [2.45, 2.75) is 52.5 Å². The van der Waals surface area contributed by atoms with Crippen LogP contribution in [0.1, 0.15) is 46.5 Å². The molecule has 0 aliphatic carbocycles. The summed E-state index contributed by atoms with van der Waals surface area (Å²) >= 11 is 5.97. The Balaban J connectivity index is 1.95. The maximum Gasteiger partial charge on any atom is 0.321 e. The Labute approximate surface area is 183 Å². The van der Waals surface area contributed by atoms with Crippen molar-refractivity contribution in [3.05, 3.63) is 29.3 Å². The van der Waals surface area contributed by atoms with Gasteiger partial charge >= 0.3 is 6.03 Å². The number of amides is 4. The molecule has 3 N–H and O–H groups in total. The fourth-order valence-electron chi connectivity index (χ4n) is 3.56. The highest BCUT2D eigenvalue weighted by molar-refractivity contribution is 6.30. The number of benzene rings is 1. The molecule has 0 aromatic heterocycles. The molecule has 1 aromatic rings. The van der Waals surface area contributed by atoms with Crippen LogP contribution in [-0.4, -0.2) is 48.4 Å². The zero-order valence-electron chi connectivity index (χ0n) is 18.0. The van der Waals surface area contributed by atoms with E-state index in [1.807, 2.05) is 20.8 Å². The van der Waals surface area contributed by atoms with E-state index >= 15 is 0 Å². The molecule has 1 atom stereocenters. The van der Waals surface area contributed by atoms with Gasteiger partial charge in [0.15, 0.2) is 0 Å². The van der Waals surface area contributed by atoms with Gasteiger partial charge in [-0.3, -0.25) is 9.59 Å². The Hall–Kier alpha value is -2.28. The van der Waals surface area contributed by atoms with Gasteiger partial charge in [-0.1, -0.05) is 38.4 Å². The van der Waals surface area contributed by atoms with E-state index in [2.05, 4.69) is 16.0 Å². The third kappa shape index (κ3) is 7.52. The lowest BCUT2D eigenvalue weighted by Crippen LogP contribution is -2.54. The molecule has 1 saturated heterocycles. The van der Waals surface area contributed by atoms with Gasteiger partial charge in [0.2, 0.25) is 11.8 Å². The molecular weight excluding hydrogens is 404 g/mol. The molecule has 2 rings (SSSR count). The molecule has 1 aliphatic heterocycles. The summed E-state index contributed by atoms with van der Waals surface area (Å²) in [6.45, 7) is 7.56. The van der Waals surface area contributed by atoms with Gasteiger partial charge in [-0.2, -0.15) is 0 Å². The van der Waals surface area contributed by atoms with E-state index in [0.717, 1.165) is 6.42 Å². The number of carbonyl (C=O) groups is 3. The second kappa shape index (κ2) is 11.8. The van der Waals surface area contributed by atoms with Crippen molar-refractivity contribution < 1.29 is 14.4 Å². The first kappa shape index (κ1) is 24.0. The summed E-state index contributed by atoms with van der Waals surface area (Å²) in [5, 5.41) is 9.25. The molecule has 8 heteroatoms. The van der Waals surface area contributed by atoms with Crippen molar-refractivity contribution in [1.29, 1.82) is 0 Å². The summed E-state index contributed by atoms with van der Waals surface area (Å²) in [6.07, 6.45) is 2.52. The maximum atomic E-state index is 12.7. The Bertz CT molecular complexity index is 733. The average Bonchev–Trinajstić information content (AvgIpc) is 2.70. The van der Waals surface area contributed by atoms with E-state index in [1.165, 1.54) is 0 Å². The monoisotopic (exact) mass is 436 g/mol. The summed E-state index contributed by atoms with van der Waals surface area (Å²) < 4.78 is 0. The van der Waals surface area contributed by atoms with Crippen LogP contribution < -0.4 is 16.0 Å². The Morgan fingerprint density at radius 2 is 1.90 bits per heavy atom. The summed E-state index contributed by atoms with van der Waals surface area (Å²) in [6, 6.07) is 6.26. The molecule has 1 unspecified atom stereocenters. The molecule has 166 valence electrons. The van der Waals surface area contributed by atoms with Gasteiger partial charge in [-0.15, -0.1) is 0 Å². The number of carbonyl (C=O) groups excluding carboxylic acids is 3. The third-order valence-corrected chi connectivity index (χ3v) is 5.35. The van der Waals surface area contributed by atoms with Crippen molar-refractivity contribution in [3.63, 3.8) is 0 Å². The smallest absolute Gasteiger partial charge is 0.321 e. The molecular formula is C22H33ClN4O3. The summed E-state index contributed by atoms with van der Waals surface area (Å²) in [5.41, 5.74) is 0.646. The van der Waals surface area contributed by atoms with Crippen LogP contribution in [-0.2, 0) is 9.59 Å². The number of hydrogen-bond donors (Lipinski definition) is 3. The van der Waals surface area contributed by atoms with Gasteiger partial charge in [0, 0.05) is 36.8 Å². The van der Waals surface area contributed by atoms with E-state index in [9.17, 15) is 14.4 Å². The predicted octanol–water partition coefficient (Wildman–Crippen LogP) is 3.64. The van der Waals surface area contributed by atoms with Crippen LogP contribution in [0.2, 0.25) is 5.02 Å².